The molecule has 2 rings (SSSR count). The fraction of sp³-hybridized carbons (Fsp3) is 1.00. The first-order valence-electron chi connectivity index (χ1n) is 4.56. The highest BCUT2D eigenvalue weighted by Gasteiger charge is 2.39. The quantitative estimate of drug-likeness (QED) is 0.546. The Morgan fingerprint density at radius 1 is 1.10 bits per heavy atom. The fourth-order valence-corrected chi connectivity index (χ4v) is 2.83. The minimum absolute atomic E-state index is 0.540. The van der Waals surface area contributed by atoms with Crippen LogP contribution in [0.15, 0.2) is 0 Å². The van der Waals surface area contributed by atoms with E-state index < -0.39 is 0 Å². The molecule has 10 heavy (non-hydrogen) atoms. The number of rotatable bonds is 0. The van der Waals surface area contributed by atoms with E-state index in [1.807, 2.05) is 0 Å². The Labute approximate surface area is 63.0 Å². The van der Waals surface area contributed by atoms with Gasteiger partial charge in [0, 0.05) is 6.04 Å². The highest BCUT2D eigenvalue weighted by Crippen LogP contribution is 2.49. The second-order valence-electron chi connectivity index (χ2n) is 4.21. The molecule has 1 nitrogen and oxygen atoms in total. The van der Waals surface area contributed by atoms with Crippen molar-refractivity contribution in [3.63, 3.8) is 0 Å². The van der Waals surface area contributed by atoms with E-state index in [1.165, 1.54) is 44.9 Å². The average molecular weight is 139 g/mol. The molecule has 0 saturated heterocycles. The summed E-state index contributed by atoms with van der Waals surface area (Å²) in [7, 11) is 0. The largest absolute Gasteiger partial charge is 0.328 e. The van der Waals surface area contributed by atoms with Crippen LogP contribution in [0.4, 0.5) is 0 Å². The second kappa shape index (κ2) is 2.23. The summed E-state index contributed by atoms with van der Waals surface area (Å²) in [6.45, 7) is 0. The van der Waals surface area contributed by atoms with E-state index in [2.05, 4.69) is 0 Å². The highest BCUT2D eigenvalue weighted by atomic mass is 14.7. The molecule has 0 aromatic heterocycles. The molecule has 0 aromatic carbocycles. The fourth-order valence-electron chi connectivity index (χ4n) is 2.83. The Balaban J connectivity index is 2.03. The van der Waals surface area contributed by atoms with Gasteiger partial charge in [0.05, 0.1) is 0 Å². The molecular formula is C9H17N. The first-order valence-corrected chi connectivity index (χ1v) is 4.56. The van der Waals surface area contributed by atoms with Gasteiger partial charge in [-0.25, -0.2) is 0 Å². The van der Waals surface area contributed by atoms with E-state index in [0.717, 1.165) is 5.41 Å². The summed E-state index contributed by atoms with van der Waals surface area (Å²) in [5.74, 6) is 0. The summed E-state index contributed by atoms with van der Waals surface area (Å²) in [5, 5.41) is 0. The van der Waals surface area contributed by atoms with Crippen molar-refractivity contribution in [1.82, 2.24) is 0 Å². The predicted octanol–water partition coefficient (Wildman–Crippen LogP) is 2.06. The molecule has 0 aliphatic heterocycles. The SMILES string of the molecule is N[C@@H]1CCC2(CCCC2)C1. The van der Waals surface area contributed by atoms with Gasteiger partial charge in [-0.15, -0.1) is 0 Å². The lowest BCUT2D eigenvalue weighted by molar-refractivity contribution is 0.305. The van der Waals surface area contributed by atoms with Crippen molar-refractivity contribution in [2.24, 2.45) is 11.1 Å². The monoisotopic (exact) mass is 139 g/mol. The minimum atomic E-state index is 0.540. The third-order valence-corrected chi connectivity index (χ3v) is 3.40. The van der Waals surface area contributed by atoms with E-state index >= 15 is 0 Å². The Morgan fingerprint density at radius 3 is 2.30 bits per heavy atom. The van der Waals surface area contributed by atoms with Gasteiger partial charge in [0.2, 0.25) is 0 Å². The van der Waals surface area contributed by atoms with Gasteiger partial charge in [0.15, 0.2) is 0 Å². The molecule has 0 bridgehead atoms. The topological polar surface area (TPSA) is 26.0 Å². The maximum Gasteiger partial charge on any atom is 0.00443 e. The van der Waals surface area contributed by atoms with Crippen LogP contribution in [0.3, 0.4) is 0 Å². The Hall–Kier alpha value is -0.0400. The maximum absolute atomic E-state index is 5.89. The molecule has 0 heterocycles. The second-order valence-corrected chi connectivity index (χ2v) is 4.21. The van der Waals surface area contributed by atoms with Gasteiger partial charge >= 0.3 is 0 Å². The maximum atomic E-state index is 5.89. The van der Waals surface area contributed by atoms with Crippen LogP contribution in [0.1, 0.15) is 44.9 Å². The minimum Gasteiger partial charge on any atom is -0.328 e. The molecule has 1 spiro atoms. The summed E-state index contributed by atoms with van der Waals surface area (Å²) in [6.07, 6.45) is 9.92. The standard InChI is InChI=1S/C9H17N/c10-8-3-6-9(7-8)4-1-2-5-9/h8H,1-7,10H2/t8-/m1/s1. The third-order valence-electron chi connectivity index (χ3n) is 3.40. The Bertz CT molecular complexity index is 125. The molecule has 2 N–H and O–H groups in total. The number of hydrogen-bond acceptors (Lipinski definition) is 1. The molecule has 2 aliphatic carbocycles. The molecule has 1 heteroatoms. The molecule has 2 saturated carbocycles. The first-order chi connectivity index (χ1) is 4.81. The predicted molar refractivity (Wildman–Crippen MR) is 42.7 cm³/mol. The van der Waals surface area contributed by atoms with Crippen LogP contribution in [0.5, 0.6) is 0 Å². The molecule has 58 valence electrons. The van der Waals surface area contributed by atoms with Gasteiger partial charge in [-0.2, -0.15) is 0 Å². The lowest BCUT2D eigenvalue weighted by Crippen LogP contribution is -2.18. The van der Waals surface area contributed by atoms with Crippen LogP contribution in [0.2, 0.25) is 0 Å². The first kappa shape index (κ1) is 6.66. The van der Waals surface area contributed by atoms with Crippen molar-refractivity contribution in [3.05, 3.63) is 0 Å². The average Bonchev–Trinajstić information content (AvgIpc) is 2.46. The van der Waals surface area contributed by atoms with Crippen LogP contribution >= 0.6 is 0 Å². The van der Waals surface area contributed by atoms with Gasteiger partial charge < -0.3 is 5.73 Å². The highest BCUT2D eigenvalue weighted by molar-refractivity contribution is 4.93. The lowest BCUT2D eigenvalue weighted by Gasteiger charge is -2.21. The van der Waals surface area contributed by atoms with Crippen molar-refractivity contribution < 1.29 is 0 Å². The van der Waals surface area contributed by atoms with Crippen molar-refractivity contribution in [1.29, 1.82) is 0 Å². The summed E-state index contributed by atoms with van der Waals surface area (Å²) in [4.78, 5) is 0. The summed E-state index contributed by atoms with van der Waals surface area (Å²) in [6, 6.07) is 0.540. The summed E-state index contributed by atoms with van der Waals surface area (Å²) < 4.78 is 0. The van der Waals surface area contributed by atoms with E-state index in [9.17, 15) is 0 Å². The Kier molecular flexibility index (Phi) is 1.48. The van der Waals surface area contributed by atoms with Crippen LogP contribution in [-0.2, 0) is 0 Å². The summed E-state index contributed by atoms with van der Waals surface area (Å²) in [5.41, 5.74) is 6.62. The molecule has 0 amide bonds. The molecule has 2 aliphatic rings. The molecular weight excluding hydrogens is 122 g/mol. The Morgan fingerprint density at radius 2 is 1.80 bits per heavy atom. The number of hydrogen-bond donors (Lipinski definition) is 1. The van der Waals surface area contributed by atoms with Crippen molar-refractivity contribution in [3.8, 4) is 0 Å². The molecule has 0 unspecified atom stereocenters. The van der Waals surface area contributed by atoms with Gasteiger partial charge in [-0.05, 0) is 37.5 Å². The van der Waals surface area contributed by atoms with Crippen LogP contribution in [0, 0.1) is 5.41 Å². The number of nitrogens with two attached hydrogens (primary N) is 1. The zero-order chi connectivity index (χ0) is 7.03. The van der Waals surface area contributed by atoms with Gasteiger partial charge in [0.1, 0.15) is 0 Å². The van der Waals surface area contributed by atoms with Crippen LogP contribution in [-0.4, -0.2) is 6.04 Å². The zero-order valence-corrected chi connectivity index (χ0v) is 6.60. The van der Waals surface area contributed by atoms with Gasteiger partial charge in [-0.1, -0.05) is 12.8 Å². The smallest absolute Gasteiger partial charge is 0.00443 e. The molecule has 1 atom stereocenters. The van der Waals surface area contributed by atoms with Crippen molar-refractivity contribution in [2.45, 2.75) is 51.0 Å². The van der Waals surface area contributed by atoms with Gasteiger partial charge in [0.25, 0.3) is 0 Å². The summed E-state index contributed by atoms with van der Waals surface area (Å²) >= 11 is 0. The molecule has 0 aromatic rings. The van der Waals surface area contributed by atoms with Crippen molar-refractivity contribution in [2.75, 3.05) is 0 Å². The van der Waals surface area contributed by atoms with E-state index in [0.29, 0.717) is 6.04 Å². The van der Waals surface area contributed by atoms with Crippen molar-refractivity contribution >= 4 is 0 Å². The van der Waals surface area contributed by atoms with E-state index in [1.54, 1.807) is 0 Å². The zero-order valence-electron chi connectivity index (χ0n) is 6.60. The lowest BCUT2D eigenvalue weighted by atomic mass is 9.84. The van der Waals surface area contributed by atoms with E-state index in [-0.39, 0.29) is 0 Å². The van der Waals surface area contributed by atoms with Crippen LogP contribution < -0.4 is 5.73 Å². The molecule has 2 fully saturated rings. The third kappa shape index (κ3) is 0.968. The normalized spacial score (nSPS) is 37.5. The van der Waals surface area contributed by atoms with Gasteiger partial charge in [-0.3, -0.25) is 0 Å². The van der Waals surface area contributed by atoms with E-state index in [4.69, 9.17) is 5.73 Å². The van der Waals surface area contributed by atoms with Crippen LogP contribution in [0.25, 0.3) is 0 Å². The molecule has 0 radical (unpaired) electrons.